The Bertz CT molecular complexity index is 249. The summed E-state index contributed by atoms with van der Waals surface area (Å²) in [6.07, 6.45) is 3.40. The molecule has 0 unspecified atom stereocenters. The van der Waals surface area contributed by atoms with Crippen molar-refractivity contribution in [2.75, 3.05) is 0 Å². The third-order valence-electron chi connectivity index (χ3n) is 3.48. The van der Waals surface area contributed by atoms with Crippen LogP contribution in [0.2, 0.25) is 0 Å². The Morgan fingerprint density at radius 1 is 1.15 bits per heavy atom. The van der Waals surface area contributed by atoms with Gasteiger partial charge in [0.05, 0.1) is 0 Å². The molecule has 0 aromatic rings. The first-order chi connectivity index (χ1) is 6.16. The fourth-order valence-electron chi connectivity index (χ4n) is 2.70. The molecule has 0 aromatic heterocycles. The van der Waals surface area contributed by atoms with Gasteiger partial charge in [-0.25, -0.2) is 0 Å². The highest BCUT2D eigenvalue weighted by Crippen LogP contribution is 2.41. The van der Waals surface area contributed by atoms with Gasteiger partial charge >= 0.3 is 0 Å². The van der Waals surface area contributed by atoms with Crippen LogP contribution < -0.4 is 5.32 Å². The molecule has 72 valence electrons. The molecule has 2 aliphatic rings. The third-order valence-corrected chi connectivity index (χ3v) is 3.48. The van der Waals surface area contributed by atoms with Crippen molar-refractivity contribution in [1.29, 1.82) is 0 Å². The monoisotopic (exact) mass is 181 g/mol. The van der Waals surface area contributed by atoms with Crippen LogP contribution in [-0.2, 0) is 9.59 Å². The van der Waals surface area contributed by atoms with Gasteiger partial charge in [-0.1, -0.05) is 13.3 Å². The minimum atomic E-state index is -0.0775. The van der Waals surface area contributed by atoms with E-state index in [1.165, 1.54) is 6.42 Å². The van der Waals surface area contributed by atoms with Crippen molar-refractivity contribution in [3.63, 3.8) is 0 Å². The van der Waals surface area contributed by atoms with Gasteiger partial charge in [-0.2, -0.15) is 0 Å². The van der Waals surface area contributed by atoms with E-state index in [9.17, 15) is 9.59 Å². The Morgan fingerprint density at radius 2 is 1.85 bits per heavy atom. The quantitative estimate of drug-likeness (QED) is 0.568. The summed E-state index contributed by atoms with van der Waals surface area (Å²) in [6.45, 7) is 2.19. The number of imide groups is 1. The molecule has 1 aliphatic heterocycles. The van der Waals surface area contributed by atoms with Crippen molar-refractivity contribution in [1.82, 2.24) is 5.32 Å². The smallest absolute Gasteiger partial charge is 0.226 e. The number of fused-ring (bicyclic) bond motifs is 1. The van der Waals surface area contributed by atoms with Crippen LogP contribution in [0.5, 0.6) is 0 Å². The lowest BCUT2D eigenvalue weighted by Crippen LogP contribution is -2.28. The van der Waals surface area contributed by atoms with E-state index in [2.05, 4.69) is 12.2 Å². The fraction of sp³-hybridized carbons (Fsp3) is 0.800. The zero-order valence-electron chi connectivity index (χ0n) is 7.88. The lowest BCUT2D eigenvalue weighted by atomic mass is 9.86. The summed E-state index contributed by atoms with van der Waals surface area (Å²) in [7, 11) is 0. The number of nitrogens with one attached hydrogen (secondary N) is 1. The van der Waals surface area contributed by atoms with Gasteiger partial charge < -0.3 is 0 Å². The Morgan fingerprint density at radius 3 is 2.62 bits per heavy atom. The van der Waals surface area contributed by atoms with E-state index in [4.69, 9.17) is 0 Å². The molecule has 1 heterocycles. The van der Waals surface area contributed by atoms with Gasteiger partial charge in [0.1, 0.15) is 0 Å². The van der Waals surface area contributed by atoms with Gasteiger partial charge in [-0.05, 0) is 24.2 Å². The van der Waals surface area contributed by atoms with E-state index in [1.54, 1.807) is 0 Å². The van der Waals surface area contributed by atoms with Crippen LogP contribution >= 0.6 is 0 Å². The van der Waals surface area contributed by atoms with E-state index < -0.39 is 0 Å². The summed E-state index contributed by atoms with van der Waals surface area (Å²) in [5.41, 5.74) is 0. The first kappa shape index (κ1) is 8.73. The van der Waals surface area contributed by atoms with Crippen LogP contribution in [-0.4, -0.2) is 11.8 Å². The molecule has 0 aromatic carbocycles. The number of carbonyl (C=O) groups is 2. The summed E-state index contributed by atoms with van der Waals surface area (Å²) in [4.78, 5) is 22.5. The molecule has 0 spiro atoms. The number of amides is 2. The number of hydrogen-bond donors (Lipinski definition) is 1. The highest BCUT2D eigenvalue weighted by molar-refractivity contribution is 5.96. The number of hydrogen-bond acceptors (Lipinski definition) is 2. The molecule has 1 N–H and O–H groups in total. The summed E-state index contributed by atoms with van der Waals surface area (Å²) in [6, 6.07) is 0. The van der Waals surface area contributed by atoms with Gasteiger partial charge in [0.15, 0.2) is 0 Å². The van der Waals surface area contributed by atoms with Gasteiger partial charge in [-0.3, -0.25) is 14.9 Å². The van der Waals surface area contributed by atoms with Crippen molar-refractivity contribution >= 4 is 11.8 Å². The first-order valence-corrected chi connectivity index (χ1v) is 4.99. The lowest BCUT2D eigenvalue weighted by Gasteiger charge is -2.17. The second-order valence-corrected chi connectivity index (χ2v) is 4.36. The fourth-order valence-corrected chi connectivity index (χ4v) is 2.70. The van der Waals surface area contributed by atoms with E-state index in [-0.39, 0.29) is 11.8 Å². The van der Waals surface area contributed by atoms with Gasteiger partial charge in [-0.15, -0.1) is 0 Å². The molecule has 1 saturated carbocycles. The summed E-state index contributed by atoms with van der Waals surface area (Å²) < 4.78 is 0. The largest absolute Gasteiger partial charge is 0.296 e. The number of rotatable bonds is 0. The van der Waals surface area contributed by atoms with Crippen molar-refractivity contribution in [2.24, 2.45) is 17.8 Å². The Labute approximate surface area is 77.9 Å². The predicted octanol–water partition coefficient (Wildman–Crippen LogP) is 1.09. The lowest BCUT2D eigenvalue weighted by molar-refractivity contribution is -0.129. The van der Waals surface area contributed by atoms with Gasteiger partial charge in [0.25, 0.3) is 0 Å². The van der Waals surface area contributed by atoms with Crippen LogP contribution in [0.1, 0.15) is 32.6 Å². The molecule has 0 bridgehead atoms. The maximum absolute atomic E-state index is 11.2. The standard InChI is InChI=1S/C10H15NO2/c1-6-2-3-7-4-9(12)11-10(13)5-8(6)7/h6-8H,2-5H2,1H3,(H,11,12,13)/t6-,7-,8+/m0/s1. The van der Waals surface area contributed by atoms with Crippen molar-refractivity contribution < 1.29 is 9.59 Å². The minimum absolute atomic E-state index is 0.0772. The maximum Gasteiger partial charge on any atom is 0.226 e. The zero-order chi connectivity index (χ0) is 9.42. The maximum atomic E-state index is 11.2. The van der Waals surface area contributed by atoms with Gasteiger partial charge in [0.2, 0.25) is 11.8 Å². The highest BCUT2D eigenvalue weighted by atomic mass is 16.2. The average Bonchev–Trinajstić information content (AvgIpc) is 2.32. The highest BCUT2D eigenvalue weighted by Gasteiger charge is 2.38. The van der Waals surface area contributed by atoms with Crippen molar-refractivity contribution in [2.45, 2.75) is 32.6 Å². The predicted molar refractivity (Wildman–Crippen MR) is 47.8 cm³/mol. The van der Waals surface area contributed by atoms with Crippen LogP contribution in [0, 0.1) is 17.8 Å². The topological polar surface area (TPSA) is 46.2 Å². The van der Waals surface area contributed by atoms with Crippen LogP contribution in [0.25, 0.3) is 0 Å². The second kappa shape index (κ2) is 3.13. The third kappa shape index (κ3) is 1.60. The first-order valence-electron chi connectivity index (χ1n) is 4.99. The van der Waals surface area contributed by atoms with E-state index in [1.807, 2.05) is 0 Å². The Balaban J connectivity index is 2.15. The van der Waals surface area contributed by atoms with E-state index in [0.717, 1.165) is 6.42 Å². The molecule has 1 saturated heterocycles. The summed E-state index contributed by atoms with van der Waals surface area (Å²) in [5.74, 6) is 1.37. The molecule has 2 fully saturated rings. The molecule has 3 nitrogen and oxygen atoms in total. The van der Waals surface area contributed by atoms with E-state index in [0.29, 0.717) is 30.6 Å². The molecule has 1 aliphatic carbocycles. The molecular formula is C10H15NO2. The SMILES string of the molecule is C[C@H]1CC[C@H]2CC(=O)NC(=O)C[C@@H]21. The summed E-state index contributed by atoms with van der Waals surface area (Å²) in [5, 5.41) is 2.41. The molecule has 3 atom stereocenters. The number of carbonyl (C=O) groups excluding carboxylic acids is 2. The van der Waals surface area contributed by atoms with Gasteiger partial charge in [0, 0.05) is 12.8 Å². The Hall–Kier alpha value is -0.860. The Kier molecular flexibility index (Phi) is 2.10. The van der Waals surface area contributed by atoms with Crippen molar-refractivity contribution in [3.05, 3.63) is 0 Å². The van der Waals surface area contributed by atoms with Crippen LogP contribution in [0.15, 0.2) is 0 Å². The zero-order valence-corrected chi connectivity index (χ0v) is 7.88. The molecule has 2 amide bonds. The van der Waals surface area contributed by atoms with Crippen molar-refractivity contribution in [3.8, 4) is 0 Å². The second-order valence-electron chi connectivity index (χ2n) is 4.36. The minimum Gasteiger partial charge on any atom is -0.296 e. The molecular weight excluding hydrogens is 166 g/mol. The molecule has 2 rings (SSSR count). The molecule has 0 radical (unpaired) electrons. The normalized spacial score (nSPS) is 39.6. The van der Waals surface area contributed by atoms with Crippen LogP contribution in [0.4, 0.5) is 0 Å². The average molecular weight is 181 g/mol. The molecule has 3 heteroatoms. The van der Waals surface area contributed by atoms with Crippen LogP contribution in [0.3, 0.4) is 0 Å². The van der Waals surface area contributed by atoms with E-state index >= 15 is 0 Å². The summed E-state index contributed by atoms with van der Waals surface area (Å²) >= 11 is 0. The molecule has 13 heavy (non-hydrogen) atoms.